The van der Waals surface area contributed by atoms with E-state index in [1.54, 1.807) is 12.4 Å². The molecule has 0 bridgehead atoms. The number of aromatic nitrogens is 2. The lowest BCUT2D eigenvalue weighted by Crippen LogP contribution is -2.27. The van der Waals surface area contributed by atoms with E-state index >= 15 is 0 Å². The Labute approximate surface area is 137 Å². The van der Waals surface area contributed by atoms with Crippen molar-refractivity contribution in [2.75, 3.05) is 5.32 Å². The standard InChI is InChI=1S/C18H26FN3O/c19-16(10-13-6-2-1-3-7-13)18(23)22-15-11-20-17(21-12-15)14-8-4-5-9-14/h11-14,16H,1-10H2,(H,22,23). The summed E-state index contributed by atoms with van der Waals surface area (Å²) in [4.78, 5) is 20.7. The van der Waals surface area contributed by atoms with Crippen LogP contribution in [0.25, 0.3) is 0 Å². The largest absolute Gasteiger partial charge is 0.321 e. The van der Waals surface area contributed by atoms with E-state index in [-0.39, 0.29) is 0 Å². The molecule has 0 aromatic carbocycles. The van der Waals surface area contributed by atoms with Crippen molar-refractivity contribution in [3.05, 3.63) is 18.2 Å². The first-order chi connectivity index (χ1) is 11.2. The number of carbonyl (C=O) groups is 1. The Balaban J connectivity index is 1.50. The molecule has 0 saturated heterocycles. The fraction of sp³-hybridized carbons (Fsp3) is 0.722. The van der Waals surface area contributed by atoms with Gasteiger partial charge < -0.3 is 5.32 Å². The van der Waals surface area contributed by atoms with E-state index in [1.807, 2.05) is 0 Å². The predicted molar refractivity (Wildman–Crippen MR) is 88.0 cm³/mol. The minimum atomic E-state index is -1.44. The van der Waals surface area contributed by atoms with Crippen LogP contribution >= 0.6 is 0 Å². The van der Waals surface area contributed by atoms with Crippen molar-refractivity contribution >= 4 is 11.6 Å². The number of hydrogen-bond acceptors (Lipinski definition) is 3. The van der Waals surface area contributed by atoms with E-state index in [9.17, 15) is 9.18 Å². The molecule has 2 fully saturated rings. The molecular formula is C18H26FN3O. The van der Waals surface area contributed by atoms with Gasteiger partial charge in [0.2, 0.25) is 0 Å². The average Bonchev–Trinajstić information content (AvgIpc) is 3.11. The number of nitrogens with zero attached hydrogens (tertiary/aromatic N) is 2. The Morgan fingerprint density at radius 1 is 1.09 bits per heavy atom. The summed E-state index contributed by atoms with van der Waals surface area (Å²) < 4.78 is 14.1. The van der Waals surface area contributed by atoms with Gasteiger partial charge in [-0.05, 0) is 25.2 Å². The first-order valence-corrected chi connectivity index (χ1v) is 8.99. The number of anilines is 1. The Hall–Kier alpha value is -1.52. The Morgan fingerprint density at radius 2 is 1.70 bits per heavy atom. The second kappa shape index (κ2) is 7.84. The zero-order valence-electron chi connectivity index (χ0n) is 13.6. The van der Waals surface area contributed by atoms with Crippen LogP contribution in [-0.2, 0) is 4.79 Å². The van der Waals surface area contributed by atoms with Gasteiger partial charge in [0.1, 0.15) is 5.82 Å². The molecule has 1 atom stereocenters. The van der Waals surface area contributed by atoms with Crippen molar-refractivity contribution in [1.82, 2.24) is 9.97 Å². The van der Waals surface area contributed by atoms with Gasteiger partial charge >= 0.3 is 0 Å². The Kier molecular flexibility index (Phi) is 5.57. The zero-order valence-corrected chi connectivity index (χ0v) is 13.6. The average molecular weight is 319 g/mol. The molecule has 2 saturated carbocycles. The van der Waals surface area contributed by atoms with Gasteiger partial charge in [0.25, 0.3) is 5.91 Å². The minimum Gasteiger partial charge on any atom is -0.321 e. The maximum Gasteiger partial charge on any atom is 0.259 e. The number of amides is 1. The normalized spacial score (nSPS) is 21.3. The van der Waals surface area contributed by atoms with Crippen LogP contribution in [0, 0.1) is 5.92 Å². The van der Waals surface area contributed by atoms with E-state index in [0.29, 0.717) is 23.9 Å². The monoisotopic (exact) mass is 319 g/mol. The van der Waals surface area contributed by atoms with Crippen molar-refractivity contribution < 1.29 is 9.18 Å². The third-order valence-corrected chi connectivity index (χ3v) is 5.21. The van der Waals surface area contributed by atoms with Crippen LogP contribution < -0.4 is 5.32 Å². The van der Waals surface area contributed by atoms with Gasteiger partial charge in [-0.1, -0.05) is 44.9 Å². The second-order valence-corrected chi connectivity index (χ2v) is 7.01. The van der Waals surface area contributed by atoms with Gasteiger partial charge in [-0.25, -0.2) is 14.4 Å². The van der Waals surface area contributed by atoms with E-state index < -0.39 is 12.1 Å². The van der Waals surface area contributed by atoms with Crippen LogP contribution in [0.3, 0.4) is 0 Å². The quantitative estimate of drug-likeness (QED) is 0.876. The molecule has 23 heavy (non-hydrogen) atoms. The summed E-state index contributed by atoms with van der Waals surface area (Å²) in [5.74, 6) is 1.08. The number of carbonyl (C=O) groups excluding carboxylic acids is 1. The first-order valence-electron chi connectivity index (χ1n) is 8.99. The summed E-state index contributed by atoms with van der Waals surface area (Å²) >= 11 is 0. The predicted octanol–water partition coefficient (Wildman–Crippen LogP) is 4.38. The van der Waals surface area contributed by atoms with Crippen molar-refractivity contribution in [3.63, 3.8) is 0 Å². The molecule has 1 aromatic rings. The SMILES string of the molecule is O=C(Nc1cnc(C2CCCC2)nc1)C(F)CC1CCCCC1. The first kappa shape index (κ1) is 16.3. The molecule has 5 heteroatoms. The molecule has 126 valence electrons. The maximum absolute atomic E-state index is 14.1. The van der Waals surface area contributed by atoms with Gasteiger partial charge in [-0.15, -0.1) is 0 Å². The highest BCUT2D eigenvalue weighted by molar-refractivity contribution is 5.93. The third-order valence-electron chi connectivity index (χ3n) is 5.21. The third kappa shape index (κ3) is 4.49. The van der Waals surface area contributed by atoms with Crippen molar-refractivity contribution in [2.24, 2.45) is 5.92 Å². The number of halogens is 1. The smallest absolute Gasteiger partial charge is 0.259 e. The van der Waals surface area contributed by atoms with Crippen LogP contribution in [0.4, 0.5) is 10.1 Å². The van der Waals surface area contributed by atoms with Crippen molar-refractivity contribution in [1.29, 1.82) is 0 Å². The molecule has 1 unspecified atom stereocenters. The highest BCUT2D eigenvalue weighted by atomic mass is 19.1. The van der Waals surface area contributed by atoms with Gasteiger partial charge in [-0.3, -0.25) is 4.79 Å². The molecule has 1 aromatic heterocycles. The van der Waals surface area contributed by atoms with E-state index in [0.717, 1.165) is 44.3 Å². The molecule has 1 N–H and O–H groups in total. The fourth-order valence-electron chi connectivity index (χ4n) is 3.84. The molecule has 1 amide bonds. The van der Waals surface area contributed by atoms with E-state index in [1.165, 1.54) is 19.3 Å². The van der Waals surface area contributed by atoms with Crippen LogP contribution in [0.15, 0.2) is 12.4 Å². The van der Waals surface area contributed by atoms with Gasteiger partial charge in [0, 0.05) is 5.92 Å². The van der Waals surface area contributed by atoms with Gasteiger partial charge in [0.05, 0.1) is 18.1 Å². The van der Waals surface area contributed by atoms with Gasteiger partial charge in [-0.2, -0.15) is 0 Å². The van der Waals surface area contributed by atoms with Gasteiger partial charge in [0.15, 0.2) is 6.17 Å². The maximum atomic E-state index is 14.1. The summed E-state index contributed by atoms with van der Waals surface area (Å²) in [6.45, 7) is 0. The molecule has 0 radical (unpaired) electrons. The minimum absolute atomic E-state index is 0.340. The van der Waals surface area contributed by atoms with Crippen LogP contribution in [0.1, 0.15) is 76.0 Å². The molecule has 0 spiro atoms. The highest BCUT2D eigenvalue weighted by Crippen LogP contribution is 2.32. The lowest BCUT2D eigenvalue weighted by molar-refractivity contribution is -0.121. The molecule has 4 nitrogen and oxygen atoms in total. The molecule has 1 heterocycles. The summed E-state index contributed by atoms with van der Waals surface area (Å²) in [5.41, 5.74) is 0.489. The molecule has 3 rings (SSSR count). The lowest BCUT2D eigenvalue weighted by atomic mass is 9.85. The lowest BCUT2D eigenvalue weighted by Gasteiger charge is -2.22. The number of alkyl halides is 1. The summed E-state index contributed by atoms with van der Waals surface area (Å²) in [5, 5.41) is 2.61. The second-order valence-electron chi connectivity index (χ2n) is 7.01. The fourth-order valence-corrected chi connectivity index (χ4v) is 3.84. The van der Waals surface area contributed by atoms with Crippen molar-refractivity contribution in [3.8, 4) is 0 Å². The Morgan fingerprint density at radius 3 is 2.35 bits per heavy atom. The van der Waals surface area contributed by atoms with Crippen LogP contribution in [0.2, 0.25) is 0 Å². The summed E-state index contributed by atoms with van der Waals surface area (Å²) in [7, 11) is 0. The number of nitrogens with one attached hydrogen (secondary N) is 1. The van der Waals surface area contributed by atoms with Crippen LogP contribution in [0.5, 0.6) is 0 Å². The topological polar surface area (TPSA) is 54.9 Å². The zero-order chi connectivity index (χ0) is 16.1. The van der Waals surface area contributed by atoms with E-state index in [2.05, 4.69) is 15.3 Å². The van der Waals surface area contributed by atoms with Crippen LogP contribution in [-0.4, -0.2) is 22.0 Å². The number of hydrogen-bond donors (Lipinski definition) is 1. The molecule has 2 aliphatic carbocycles. The Bertz CT molecular complexity index is 508. The number of rotatable bonds is 5. The highest BCUT2D eigenvalue weighted by Gasteiger charge is 2.24. The molecule has 0 aliphatic heterocycles. The summed E-state index contributed by atoms with van der Waals surface area (Å²) in [6, 6.07) is 0. The molecule has 2 aliphatic rings. The van der Waals surface area contributed by atoms with E-state index in [4.69, 9.17) is 0 Å². The summed E-state index contributed by atoms with van der Waals surface area (Å²) in [6.07, 6.45) is 12.5. The van der Waals surface area contributed by atoms with Crippen molar-refractivity contribution in [2.45, 2.75) is 76.3 Å². The molecular weight excluding hydrogens is 293 g/mol.